The van der Waals surface area contributed by atoms with E-state index in [2.05, 4.69) is 27.7 Å². The first-order valence-corrected chi connectivity index (χ1v) is 18.2. The van der Waals surface area contributed by atoms with Gasteiger partial charge in [0.05, 0.1) is 49.3 Å². The number of β-lactam (4-membered cyclic amide) rings is 2. The Morgan fingerprint density at radius 2 is 1.02 bits per heavy atom. The van der Waals surface area contributed by atoms with Gasteiger partial charge in [-0.25, -0.2) is 0 Å². The molecule has 5 saturated heterocycles. The van der Waals surface area contributed by atoms with Gasteiger partial charge in [0.25, 0.3) is 0 Å². The van der Waals surface area contributed by atoms with Gasteiger partial charge in [0, 0.05) is 38.5 Å². The van der Waals surface area contributed by atoms with Gasteiger partial charge in [-0.1, -0.05) is 53.4 Å². The number of hydrogen-bond acceptors (Lipinski definition) is 8. The van der Waals surface area contributed by atoms with E-state index < -0.39 is 18.0 Å². The molecule has 5 aliphatic heterocycles. The van der Waals surface area contributed by atoms with Gasteiger partial charge in [-0.2, -0.15) is 0 Å². The standard InChI is InChI=1S/C35H60N2O8/c1-7-11-15-40-21-25-27(42-17-13-9-3)19-23-29(33(38)36(23)25)31-32(45-35(5,6)44-31)30-24-20-28(43-18-14-10-4)26(37(24)34(30)39)22-41-16-12-8-2/h23-32H,7-22H2,1-6H3/t23-,24-,25+,26+,27+,28+,29-,30-,31-,32-/m1/s1. The Morgan fingerprint density at radius 1 is 0.644 bits per heavy atom. The average molecular weight is 637 g/mol. The maximum Gasteiger partial charge on any atom is 0.231 e. The average Bonchev–Trinajstić information content (AvgIpc) is 3.60. The number of rotatable bonds is 20. The molecule has 0 saturated carbocycles. The minimum Gasteiger partial charge on any atom is -0.379 e. The molecule has 258 valence electrons. The molecule has 10 atom stereocenters. The van der Waals surface area contributed by atoms with Crippen LogP contribution in [0.4, 0.5) is 0 Å². The van der Waals surface area contributed by atoms with E-state index in [0.29, 0.717) is 39.6 Å². The number of hydrogen-bond donors (Lipinski definition) is 0. The van der Waals surface area contributed by atoms with Crippen LogP contribution in [-0.2, 0) is 38.0 Å². The monoisotopic (exact) mass is 636 g/mol. The molecule has 5 rings (SSSR count). The van der Waals surface area contributed by atoms with Crippen molar-refractivity contribution in [1.29, 1.82) is 0 Å². The van der Waals surface area contributed by atoms with Gasteiger partial charge in [-0.05, 0) is 52.4 Å². The topological polar surface area (TPSA) is 96.0 Å². The zero-order valence-corrected chi connectivity index (χ0v) is 28.7. The number of fused-ring (bicyclic) bond motifs is 2. The van der Waals surface area contributed by atoms with Gasteiger partial charge < -0.3 is 38.2 Å². The van der Waals surface area contributed by atoms with Crippen LogP contribution in [0.25, 0.3) is 0 Å². The van der Waals surface area contributed by atoms with Crippen LogP contribution in [0, 0.1) is 11.8 Å². The molecule has 0 spiro atoms. The SMILES string of the molecule is CCCCOC[C@H]1[C@@H](OCCCC)C[C@@H]2[C@H]([C@H]3OC(C)(C)O[C@@H]3[C@@H]3C(=O)N4[C@@H]3C[C@H](OCCCC)[C@@H]4COCCCC)C(=O)N21. The van der Waals surface area contributed by atoms with E-state index in [1.165, 1.54) is 0 Å². The molecule has 0 aromatic heterocycles. The summed E-state index contributed by atoms with van der Waals surface area (Å²) in [5.74, 6) is -1.46. The number of ether oxygens (including phenoxy) is 6. The summed E-state index contributed by atoms with van der Waals surface area (Å²) in [4.78, 5) is 31.9. The molecular formula is C35H60N2O8. The summed E-state index contributed by atoms with van der Waals surface area (Å²) in [5, 5.41) is 0. The zero-order valence-electron chi connectivity index (χ0n) is 28.7. The van der Waals surface area contributed by atoms with E-state index >= 15 is 0 Å². The molecule has 0 aliphatic carbocycles. The summed E-state index contributed by atoms with van der Waals surface area (Å²) in [7, 11) is 0. The highest BCUT2D eigenvalue weighted by Gasteiger charge is 2.69. The quantitative estimate of drug-likeness (QED) is 0.140. The summed E-state index contributed by atoms with van der Waals surface area (Å²) < 4.78 is 37.8. The first kappa shape index (κ1) is 35.0. The van der Waals surface area contributed by atoms with Gasteiger partial charge >= 0.3 is 0 Å². The van der Waals surface area contributed by atoms with Crippen LogP contribution in [0.3, 0.4) is 0 Å². The highest BCUT2D eigenvalue weighted by molar-refractivity contribution is 5.90. The van der Waals surface area contributed by atoms with E-state index in [1.807, 2.05) is 23.6 Å². The van der Waals surface area contributed by atoms with Crippen molar-refractivity contribution in [2.45, 2.75) is 160 Å². The fourth-order valence-corrected chi connectivity index (χ4v) is 8.15. The zero-order chi connectivity index (χ0) is 32.1. The predicted molar refractivity (Wildman–Crippen MR) is 170 cm³/mol. The van der Waals surface area contributed by atoms with Gasteiger partial charge in [0.1, 0.15) is 12.2 Å². The largest absolute Gasteiger partial charge is 0.379 e. The van der Waals surface area contributed by atoms with E-state index in [9.17, 15) is 9.59 Å². The molecule has 5 fully saturated rings. The lowest BCUT2D eigenvalue weighted by Crippen LogP contribution is -2.70. The summed E-state index contributed by atoms with van der Waals surface area (Å²) in [6.07, 6.45) is 8.68. The normalized spacial score (nSPS) is 36.8. The molecule has 5 aliphatic rings. The number of unbranched alkanes of at least 4 members (excludes halogenated alkanes) is 4. The fraction of sp³-hybridized carbons (Fsp3) is 0.943. The van der Waals surface area contributed by atoms with Gasteiger partial charge in [0.2, 0.25) is 11.8 Å². The van der Waals surface area contributed by atoms with E-state index in [1.54, 1.807) is 0 Å². The lowest BCUT2D eigenvalue weighted by molar-refractivity contribution is -0.180. The number of nitrogens with zero attached hydrogens (tertiary/aromatic N) is 2. The Kier molecular flexibility index (Phi) is 12.2. The second-order valence-corrected chi connectivity index (χ2v) is 14.2. The van der Waals surface area contributed by atoms with Crippen LogP contribution in [0.1, 0.15) is 106 Å². The third-order valence-electron chi connectivity index (χ3n) is 10.5. The summed E-state index contributed by atoms with van der Waals surface area (Å²) in [5.41, 5.74) is 0. The van der Waals surface area contributed by atoms with Crippen LogP contribution in [-0.4, -0.2) is 116 Å². The van der Waals surface area contributed by atoms with Crippen molar-refractivity contribution in [2.24, 2.45) is 11.8 Å². The minimum atomic E-state index is -0.882. The molecule has 45 heavy (non-hydrogen) atoms. The van der Waals surface area contributed by atoms with Crippen molar-refractivity contribution in [3.8, 4) is 0 Å². The molecule has 0 unspecified atom stereocenters. The Labute approximate surface area is 271 Å². The summed E-state index contributed by atoms with van der Waals surface area (Å²) in [6.45, 7) is 16.1. The van der Waals surface area contributed by atoms with Crippen LogP contribution >= 0.6 is 0 Å². The van der Waals surface area contributed by atoms with E-state index in [4.69, 9.17) is 28.4 Å². The van der Waals surface area contributed by atoms with Crippen molar-refractivity contribution in [2.75, 3.05) is 39.6 Å². The Morgan fingerprint density at radius 3 is 1.40 bits per heavy atom. The third kappa shape index (κ3) is 7.26. The van der Waals surface area contributed by atoms with Crippen molar-refractivity contribution in [3.05, 3.63) is 0 Å². The molecule has 0 bridgehead atoms. The molecule has 10 heteroatoms. The second kappa shape index (κ2) is 15.7. The first-order valence-electron chi connectivity index (χ1n) is 18.2. The number of amides is 2. The molecule has 0 aromatic rings. The van der Waals surface area contributed by atoms with Crippen LogP contribution in [0.5, 0.6) is 0 Å². The second-order valence-electron chi connectivity index (χ2n) is 14.2. The predicted octanol–water partition coefficient (Wildman–Crippen LogP) is 4.71. The summed E-state index contributed by atoms with van der Waals surface area (Å²) in [6, 6.07) is -0.194. The maximum absolute atomic E-state index is 14.0. The number of carbonyl (C=O) groups is 2. The molecular weight excluding hydrogens is 576 g/mol. The van der Waals surface area contributed by atoms with Crippen LogP contribution in [0.15, 0.2) is 0 Å². The highest BCUT2D eigenvalue weighted by Crippen LogP contribution is 2.52. The van der Waals surface area contributed by atoms with Gasteiger partial charge in [-0.15, -0.1) is 0 Å². The Hall–Kier alpha value is -1.30. The van der Waals surface area contributed by atoms with Crippen molar-refractivity contribution < 1.29 is 38.0 Å². The van der Waals surface area contributed by atoms with Gasteiger partial charge in [-0.3, -0.25) is 9.59 Å². The fourth-order valence-electron chi connectivity index (χ4n) is 8.15. The molecule has 0 aromatic carbocycles. The van der Waals surface area contributed by atoms with Crippen LogP contribution < -0.4 is 0 Å². The maximum atomic E-state index is 14.0. The lowest BCUT2D eigenvalue weighted by Gasteiger charge is -2.51. The Bertz CT molecular complexity index is 905. The highest BCUT2D eigenvalue weighted by atomic mass is 16.8. The molecule has 2 amide bonds. The molecule has 0 N–H and O–H groups in total. The van der Waals surface area contributed by atoms with E-state index in [-0.39, 0.29) is 60.0 Å². The molecule has 10 nitrogen and oxygen atoms in total. The number of carbonyl (C=O) groups excluding carboxylic acids is 2. The molecule has 5 heterocycles. The smallest absolute Gasteiger partial charge is 0.231 e. The summed E-state index contributed by atoms with van der Waals surface area (Å²) >= 11 is 0. The Balaban J connectivity index is 1.30. The van der Waals surface area contributed by atoms with E-state index in [0.717, 1.165) is 64.2 Å². The lowest BCUT2D eigenvalue weighted by atomic mass is 9.74. The minimum absolute atomic E-state index is 0.00592. The molecule has 0 radical (unpaired) electrons. The van der Waals surface area contributed by atoms with Crippen molar-refractivity contribution in [3.63, 3.8) is 0 Å². The third-order valence-corrected chi connectivity index (χ3v) is 10.5. The van der Waals surface area contributed by atoms with Crippen molar-refractivity contribution >= 4 is 11.8 Å². The van der Waals surface area contributed by atoms with Gasteiger partial charge in [0.15, 0.2) is 5.79 Å². The van der Waals surface area contributed by atoms with Crippen LogP contribution in [0.2, 0.25) is 0 Å². The first-order chi connectivity index (χ1) is 21.8. The van der Waals surface area contributed by atoms with Crippen molar-refractivity contribution in [1.82, 2.24) is 9.80 Å².